The number of benzene rings is 1. The molecule has 4 aliphatic rings. The van der Waals surface area contributed by atoms with E-state index in [1.54, 1.807) is 51.3 Å². The van der Waals surface area contributed by atoms with Crippen molar-refractivity contribution >= 4 is 29.7 Å². The fraction of sp³-hybridized carbons (Fsp3) is 0.629. The summed E-state index contributed by atoms with van der Waals surface area (Å²) < 4.78 is 35.4. The van der Waals surface area contributed by atoms with E-state index in [0.717, 1.165) is 5.56 Å². The largest absolute Gasteiger partial charge is 0.497 e. The van der Waals surface area contributed by atoms with Gasteiger partial charge in [0, 0.05) is 32.6 Å². The number of fused-ring (bicyclic) bond motifs is 1. The molecule has 0 radical (unpaired) electrons. The molecule has 0 aromatic heterocycles. The smallest absolute Gasteiger partial charge is 0.310 e. The van der Waals surface area contributed by atoms with Gasteiger partial charge < -0.3 is 28.4 Å². The molecule has 2 saturated carbocycles. The molecular weight excluding hydrogens is 596 g/mol. The number of carbonyl (C=O) groups excluding carboxylic acids is 5. The highest BCUT2D eigenvalue weighted by Crippen LogP contribution is 2.69. The Bertz CT molecular complexity index is 1460. The number of ketones is 1. The first-order valence-electron chi connectivity index (χ1n) is 15.8. The van der Waals surface area contributed by atoms with E-state index in [9.17, 15) is 24.0 Å². The SMILES string of the molecule is COc1ccc(CC(=O)O[C@H]2[C@@H](C)C[C@@]34O[C@@]23/C=C(\C)C(OC(C)=O)[C@H](OC(C)=O)[C@H]2[C@@H]([C@@H](OC(C)=O)[C@@H](C)C4=O)C2(C)C)cc1. The van der Waals surface area contributed by atoms with Crippen molar-refractivity contribution < 1.29 is 52.4 Å². The van der Waals surface area contributed by atoms with E-state index >= 15 is 0 Å². The van der Waals surface area contributed by atoms with Crippen LogP contribution in [0.15, 0.2) is 35.9 Å². The predicted molar refractivity (Wildman–Crippen MR) is 162 cm³/mol. The highest BCUT2D eigenvalue weighted by atomic mass is 16.7. The summed E-state index contributed by atoms with van der Waals surface area (Å²) in [7, 11) is 1.56. The molecular formula is C35H44O11. The number of hydrogen-bond donors (Lipinski definition) is 0. The Hall–Kier alpha value is -3.73. The predicted octanol–water partition coefficient (Wildman–Crippen LogP) is 3.93. The van der Waals surface area contributed by atoms with E-state index in [1.165, 1.54) is 20.8 Å². The van der Waals surface area contributed by atoms with Gasteiger partial charge in [0.05, 0.1) is 19.4 Å². The third-order valence-electron chi connectivity index (χ3n) is 10.3. The van der Waals surface area contributed by atoms with Crippen LogP contribution in [0.3, 0.4) is 0 Å². The van der Waals surface area contributed by atoms with E-state index in [2.05, 4.69) is 0 Å². The molecule has 1 unspecified atom stereocenters. The van der Waals surface area contributed by atoms with E-state index in [1.807, 2.05) is 20.8 Å². The van der Waals surface area contributed by atoms with Gasteiger partial charge in [-0.2, -0.15) is 0 Å². The second-order valence-corrected chi connectivity index (χ2v) is 13.9. The molecule has 11 heteroatoms. The van der Waals surface area contributed by atoms with Gasteiger partial charge in [-0.25, -0.2) is 0 Å². The summed E-state index contributed by atoms with van der Waals surface area (Å²) in [6.45, 7) is 13.1. The lowest BCUT2D eigenvalue weighted by atomic mass is 9.80. The number of esters is 4. The third-order valence-corrected chi connectivity index (χ3v) is 10.3. The molecule has 0 spiro atoms. The van der Waals surface area contributed by atoms with E-state index < -0.39 is 82.7 Å². The van der Waals surface area contributed by atoms with Crippen molar-refractivity contribution in [1.29, 1.82) is 0 Å². The number of rotatable bonds is 7. The Balaban J connectivity index is 1.59. The summed E-state index contributed by atoms with van der Waals surface area (Å²) >= 11 is 0. The molecule has 1 aromatic rings. The molecule has 1 heterocycles. The van der Waals surface area contributed by atoms with Crippen LogP contribution in [0.2, 0.25) is 0 Å². The average Bonchev–Trinajstić information content (AvgIpc) is 3.76. The van der Waals surface area contributed by atoms with Crippen LogP contribution in [0, 0.1) is 29.1 Å². The molecule has 1 aliphatic heterocycles. The van der Waals surface area contributed by atoms with Crippen molar-refractivity contribution in [2.75, 3.05) is 7.11 Å². The fourth-order valence-corrected chi connectivity index (χ4v) is 8.31. The first-order valence-corrected chi connectivity index (χ1v) is 15.8. The summed E-state index contributed by atoms with van der Waals surface area (Å²) in [5.74, 6) is -3.73. The molecule has 1 saturated heterocycles. The van der Waals surface area contributed by atoms with Gasteiger partial charge in [0.25, 0.3) is 0 Å². The Kier molecular flexibility index (Phi) is 8.64. The number of methoxy groups -OCH3 is 1. The average molecular weight is 641 g/mol. The maximum atomic E-state index is 14.6. The van der Waals surface area contributed by atoms with Gasteiger partial charge in [0.2, 0.25) is 0 Å². The van der Waals surface area contributed by atoms with Crippen LogP contribution in [0.1, 0.15) is 67.4 Å². The van der Waals surface area contributed by atoms with Crippen LogP contribution < -0.4 is 4.74 Å². The van der Waals surface area contributed by atoms with Gasteiger partial charge in [-0.15, -0.1) is 0 Å². The molecule has 0 amide bonds. The molecule has 3 fully saturated rings. The summed E-state index contributed by atoms with van der Waals surface area (Å²) in [6.07, 6.45) is -1.75. The standard InChI is InChI=1S/C35H44O11/c1-17-15-35-32(45-25(39)14-23-10-12-24(41-9)13-11-23)18(2)16-34(35,46-35)31(40)19(3)29(43-21(5)37)26-27(33(26,7)8)30(44-22(6)38)28(17)42-20(4)36/h10-13,15,18-19,26-30,32H,14,16H2,1-9H3/b17-15+/t18-,19+,26-,27+,28?,29-,30+,32-,34-,35-/m0/s1. The van der Waals surface area contributed by atoms with Crippen molar-refractivity contribution in [3.05, 3.63) is 41.5 Å². The van der Waals surface area contributed by atoms with Crippen LogP contribution >= 0.6 is 0 Å². The number of carbonyl (C=O) groups is 5. The second-order valence-electron chi connectivity index (χ2n) is 13.9. The van der Waals surface area contributed by atoms with Crippen LogP contribution in [0.25, 0.3) is 0 Å². The minimum absolute atomic E-state index is 0.0130. The van der Waals surface area contributed by atoms with Crippen molar-refractivity contribution in [3.63, 3.8) is 0 Å². The molecule has 0 N–H and O–H groups in total. The highest BCUT2D eigenvalue weighted by Gasteiger charge is 2.84. The summed E-state index contributed by atoms with van der Waals surface area (Å²) in [4.78, 5) is 65.3. The minimum Gasteiger partial charge on any atom is -0.497 e. The van der Waals surface area contributed by atoms with E-state index in [4.69, 9.17) is 28.4 Å². The van der Waals surface area contributed by atoms with E-state index in [0.29, 0.717) is 11.3 Å². The minimum atomic E-state index is -1.37. The van der Waals surface area contributed by atoms with Crippen molar-refractivity contribution in [2.24, 2.45) is 29.1 Å². The van der Waals surface area contributed by atoms with Gasteiger partial charge in [0.15, 0.2) is 23.1 Å². The normalized spacial score (nSPS) is 38.3. The first kappa shape index (κ1) is 33.6. The van der Waals surface area contributed by atoms with Gasteiger partial charge in [-0.1, -0.05) is 39.8 Å². The van der Waals surface area contributed by atoms with Crippen LogP contribution in [-0.2, 0) is 54.1 Å². The zero-order valence-electron chi connectivity index (χ0n) is 27.9. The van der Waals surface area contributed by atoms with Gasteiger partial charge in [0.1, 0.15) is 24.1 Å². The number of Topliss-reactive ketones (excluding diaryl/α,β-unsaturated/α-hetero) is 1. The summed E-state index contributed by atoms with van der Waals surface area (Å²) in [5, 5.41) is 0. The van der Waals surface area contributed by atoms with Crippen LogP contribution in [0.4, 0.5) is 0 Å². The van der Waals surface area contributed by atoms with Gasteiger partial charge in [-0.3, -0.25) is 24.0 Å². The Morgan fingerprint density at radius 2 is 1.43 bits per heavy atom. The van der Waals surface area contributed by atoms with E-state index in [-0.39, 0.29) is 24.5 Å². The lowest BCUT2D eigenvalue weighted by Crippen LogP contribution is -2.43. The number of ether oxygens (including phenoxy) is 6. The zero-order valence-corrected chi connectivity index (χ0v) is 27.9. The first-order chi connectivity index (χ1) is 21.5. The molecule has 0 bridgehead atoms. The molecule has 46 heavy (non-hydrogen) atoms. The summed E-state index contributed by atoms with van der Waals surface area (Å²) in [6, 6.07) is 7.06. The quantitative estimate of drug-likeness (QED) is 0.185. The molecule has 1 aromatic carbocycles. The molecule has 10 atom stereocenters. The third kappa shape index (κ3) is 5.60. The zero-order chi connectivity index (χ0) is 33.9. The lowest BCUT2D eigenvalue weighted by molar-refractivity contribution is -0.166. The Labute approximate surface area is 269 Å². The van der Waals surface area contributed by atoms with Crippen molar-refractivity contribution in [2.45, 2.75) is 104 Å². The van der Waals surface area contributed by atoms with Crippen LogP contribution in [0.5, 0.6) is 5.75 Å². The van der Waals surface area contributed by atoms with Gasteiger partial charge in [-0.05, 0) is 54.0 Å². The summed E-state index contributed by atoms with van der Waals surface area (Å²) in [5.41, 5.74) is -2.08. The van der Waals surface area contributed by atoms with Crippen LogP contribution in [-0.4, -0.2) is 72.4 Å². The fourth-order valence-electron chi connectivity index (χ4n) is 8.31. The monoisotopic (exact) mass is 640 g/mol. The lowest BCUT2D eigenvalue weighted by Gasteiger charge is -2.30. The second kappa shape index (κ2) is 11.8. The highest BCUT2D eigenvalue weighted by molar-refractivity contribution is 5.96. The molecule has 250 valence electrons. The Morgan fingerprint density at radius 3 is 2.00 bits per heavy atom. The van der Waals surface area contributed by atoms with Crippen molar-refractivity contribution in [3.8, 4) is 5.75 Å². The van der Waals surface area contributed by atoms with Gasteiger partial charge >= 0.3 is 23.9 Å². The molecule has 5 rings (SSSR count). The maximum absolute atomic E-state index is 14.6. The number of epoxide rings is 1. The van der Waals surface area contributed by atoms with Crippen molar-refractivity contribution in [1.82, 2.24) is 0 Å². The maximum Gasteiger partial charge on any atom is 0.310 e. The molecule has 11 nitrogen and oxygen atoms in total. The molecule has 3 aliphatic carbocycles. The Morgan fingerprint density at radius 1 is 0.870 bits per heavy atom. The topological polar surface area (TPSA) is 144 Å². The number of hydrogen-bond acceptors (Lipinski definition) is 11.